The van der Waals surface area contributed by atoms with E-state index in [2.05, 4.69) is 40.8 Å². The summed E-state index contributed by atoms with van der Waals surface area (Å²) >= 11 is 0. The van der Waals surface area contributed by atoms with Gasteiger partial charge in [0.25, 0.3) is 5.91 Å². The molecular weight excluding hydrogens is 352 g/mol. The number of piperidine rings is 1. The van der Waals surface area contributed by atoms with Crippen LogP contribution in [-0.4, -0.2) is 45.7 Å². The number of nitrogens with one attached hydrogen (secondary N) is 1. The highest BCUT2D eigenvalue weighted by Gasteiger charge is 2.23. The van der Waals surface area contributed by atoms with Gasteiger partial charge >= 0.3 is 0 Å². The molecule has 0 bridgehead atoms. The van der Waals surface area contributed by atoms with Crippen molar-refractivity contribution in [3.8, 4) is 11.4 Å². The number of amides is 1. The van der Waals surface area contributed by atoms with Gasteiger partial charge in [-0.1, -0.05) is 30.3 Å². The highest BCUT2D eigenvalue weighted by molar-refractivity contribution is 5.91. The van der Waals surface area contributed by atoms with E-state index >= 15 is 0 Å². The summed E-state index contributed by atoms with van der Waals surface area (Å²) in [5.74, 6) is 0.404. The second-order valence-electron chi connectivity index (χ2n) is 7.26. The maximum Gasteiger partial charge on any atom is 0.267 e. The molecule has 0 unspecified atom stereocenters. The van der Waals surface area contributed by atoms with Gasteiger partial charge in [0.2, 0.25) is 0 Å². The van der Waals surface area contributed by atoms with E-state index in [4.69, 9.17) is 10.2 Å². The third kappa shape index (κ3) is 3.69. The first-order chi connectivity index (χ1) is 13.7. The summed E-state index contributed by atoms with van der Waals surface area (Å²) in [6.45, 7) is 2.16. The minimum Gasteiger partial charge on any atom is -0.321 e. The number of hydrogen-bond donors (Lipinski definition) is 2. The highest BCUT2D eigenvalue weighted by Crippen LogP contribution is 2.33. The fraction of sp³-hybridized carbons (Fsp3) is 0.273. The zero-order valence-corrected chi connectivity index (χ0v) is 15.9. The van der Waals surface area contributed by atoms with Crippen LogP contribution in [0.25, 0.3) is 28.5 Å². The van der Waals surface area contributed by atoms with Crippen molar-refractivity contribution in [2.45, 2.75) is 18.9 Å². The summed E-state index contributed by atoms with van der Waals surface area (Å²) in [6, 6.07) is 16.6. The largest absolute Gasteiger partial charge is 0.321 e. The molecular formula is C22H24N4O2. The summed E-state index contributed by atoms with van der Waals surface area (Å²) < 4.78 is 2.38. The van der Waals surface area contributed by atoms with Gasteiger partial charge in [-0.3, -0.25) is 10.0 Å². The molecule has 1 fully saturated rings. The number of carbonyl (C=O) groups is 1. The van der Waals surface area contributed by atoms with Crippen molar-refractivity contribution in [3.05, 3.63) is 60.2 Å². The summed E-state index contributed by atoms with van der Waals surface area (Å²) in [5.41, 5.74) is 5.66. The SMILES string of the molecule is CN1CCC(n2c(-c3cccc(/C=C/C(=O)NO)c3)nc3ccccc32)CC1. The first-order valence-electron chi connectivity index (χ1n) is 9.54. The average molecular weight is 376 g/mol. The highest BCUT2D eigenvalue weighted by atomic mass is 16.5. The zero-order valence-electron chi connectivity index (χ0n) is 15.9. The van der Waals surface area contributed by atoms with Crippen LogP contribution in [-0.2, 0) is 4.79 Å². The van der Waals surface area contributed by atoms with Gasteiger partial charge in [0.05, 0.1) is 11.0 Å². The van der Waals surface area contributed by atoms with Gasteiger partial charge in [-0.25, -0.2) is 10.5 Å². The Balaban J connectivity index is 1.77. The molecule has 28 heavy (non-hydrogen) atoms. The van der Waals surface area contributed by atoms with Crippen LogP contribution in [0.15, 0.2) is 54.6 Å². The van der Waals surface area contributed by atoms with E-state index in [-0.39, 0.29) is 0 Å². The fourth-order valence-electron chi connectivity index (χ4n) is 3.86. The van der Waals surface area contributed by atoms with E-state index in [1.54, 1.807) is 11.6 Å². The van der Waals surface area contributed by atoms with Crippen LogP contribution in [0.2, 0.25) is 0 Å². The molecule has 0 saturated carbocycles. The maximum absolute atomic E-state index is 11.3. The summed E-state index contributed by atoms with van der Waals surface area (Å²) in [7, 11) is 2.17. The van der Waals surface area contributed by atoms with Crippen LogP contribution in [0.3, 0.4) is 0 Å². The second kappa shape index (κ2) is 7.96. The number of imidazole rings is 1. The monoisotopic (exact) mass is 376 g/mol. The Bertz CT molecular complexity index is 1020. The number of hydrogen-bond acceptors (Lipinski definition) is 4. The molecule has 1 aliphatic rings. The number of fused-ring (bicyclic) bond motifs is 1. The Morgan fingerprint density at radius 3 is 2.75 bits per heavy atom. The Labute approximate surface area is 164 Å². The molecule has 0 aliphatic carbocycles. The summed E-state index contributed by atoms with van der Waals surface area (Å²) in [6.07, 6.45) is 5.18. The number of para-hydroxylation sites is 2. The predicted molar refractivity (Wildman–Crippen MR) is 110 cm³/mol. The van der Waals surface area contributed by atoms with Crippen LogP contribution in [0.1, 0.15) is 24.4 Å². The van der Waals surface area contributed by atoms with Gasteiger partial charge in [0.15, 0.2) is 0 Å². The van der Waals surface area contributed by atoms with Crippen molar-refractivity contribution >= 4 is 23.0 Å². The van der Waals surface area contributed by atoms with E-state index in [1.807, 2.05) is 24.3 Å². The van der Waals surface area contributed by atoms with Gasteiger partial charge in [-0.2, -0.15) is 0 Å². The lowest BCUT2D eigenvalue weighted by Crippen LogP contribution is -2.31. The number of aromatic nitrogens is 2. The van der Waals surface area contributed by atoms with Crippen molar-refractivity contribution < 1.29 is 10.0 Å². The standard InChI is InChI=1S/C22H24N4O2/c1-25-13-11-18(12-14-25)26-20-8-3-2-7-19(20)23-22(26)17-6-4-5-16(15-17)9-10-21(27)24-28/h2-10,15,18,28H,11-14H2,1H3,(H,24,27)/b10-9+. The van der Waals surface area contributed by atoms with E-state index in [0.29, 0.717) is 6.04 Å². The molecule has 3 aromatic rings. The Kier molecular flexibility index (Phi) is 5.23. The molecule has 0 radical (unpaired) electrons. The predicted octanol–water partition coefficient (Wildman–Crippen LogP) is 3.49. The normalized spacial score (nSPS) is 16.1. The number of likely N-dealkylation sites (tertiary alicyclic amines) is 1. The molecule has 144 valence electrons. The molecule has 6 nitrogen and oxygen atoms in total. The molecule has 1 aromatic heterocycles. The number of hydroxylamine groups is 1. The molecule has 4 rings (SSSR count). The molecule has 6 heteroatoms. The first-order valence-corrected chi connectivity index (χ1v) is 9.54. The van der Waals surface area contributed by atoms with Crippen LogP contribution < -0.4 is 5.48 Å². The lowest BCUT2D eigenvalue weighted by molar-refractivity contribution is -0.124. The Hall–Kier alpha value is -2.96. The quantitative estimate of drug-likeness (QED) is 0.415. The van der Waals surface area contributed by atoms with E-state index in [1.165, 1.54) is 6.08 Å². The van der Waals surface area contributed by atoms with Crippen LogP contribution in [0.4, 0.5) is 0 Å². The minimum absolute atomic E-state index is 0.415. The van der Waals surface area contributed by atoms with Crippen LogP contribution in [0.5, 0.6) is 0 Å². The topological polar surface area (TPSA) is 70.4 Å². The first kappa shape index (κ1) is 18.4. The van der Waals surface area contributed by atoms with Gasteiger partial charge in [0, 0.05) is 17.7 Å². The van der Waals surface area contributed by atoms with Crippen LogP contribution >= 0.6 is 0 Å². The minimum atomic E-state index is -0.552. The smallest absolute Gasteiger partial charge is 0.267 e. The number of rotatable bonds is 4. The van der Waals surface area contributed by atoms with Crippen molar-refractivity contribution in [2.24, 2.45) is 0 Å². The molecule has 2 N–H and O–H groups in total. The molecule has 0 atom stereocenters. The average Bonchev–Trinajstić information content (AvgIpc) is 3.12. The van der Waals surface area contributed by atoms with Gasteiger partial charge in [-0.15, -0.1) is 0 Å². The summed E-state index contributed by atoms with van der Waals surface area (Å²) in [4.78, 5) is 18.6. The lowest BCUT2D eigenvalue weighted by Gasteiger charge is -2.31. The molecule has 1 aliphatic heterocycles. The Morgan fingerprint density at radius 2 is 1.96 bits per heavy atom. The third-order valence-electron chi connectivity index (χ3n) is 5.33. The number of nitrogens with zero attached hydrogens (tertiary/aromatic N) is 3. The molecule has 2 aromatic carbocycles. The van der Waals surface area contributed by atoms with Crippen molar-refractivity contribution in [3.63, 3.8) is 0 Å². The van der Waals surface area contributed by atoms with E-state index in [0.717, 1.165) is 53.9 Å². The van der Waals surface area contributed by atoms with Crippen molar-refractivity contribution in [1.82, 2.24) is 19.9 Å². The van der Waals surface area contributed by atoms with Crippen molar-refractivity contribution in [1.29, 1.82) is 0 Å². The van der Waals surface area contributed by atoms with Gasteiger partial charge in [0.1, 0.15) is 5.82 Å². The molecule has 1 amide bonds. The number of carbonyl (C=O) groups excluding carboxylic acids is 1. The fourth-order valence-corrected chi connectivity index (χ4v) is 3.86. The third-order valence-corrected chi connectivity index (χ3v) is 5.33. The van der Waals surface area contributed by atoms with E-state index in [9.17, 15) is 4.79 Å². The second-order valence-corrected chi connectivity index (χ2v) is 7.26. The van der Waals surface area contributed by atoms with Gasteiger partial charge < -0.3 is 9.47 Å². The molecule has 2 heterocycles. The Morgan fingerprint density at radius 1 is 1.18 bits per heavy atom. The van der Waals surface area contributed by atoms with Crippen LogP contribution in [0, 0.1) is 0 Å². The zero-order chi connectivity index (χ0) is 19.5. The number of benzene rings is 2. The lowest BCUT2D eigenvalue weighted by atomic mass is 10.0. The van der Waals surface area contributed by atoms with E-state index < -0.39 is 5.91 Å². The molecule has 0 spiro atoms. The van der Waals surface area contributed by atoms with Gasteiger partial charge in [-0.05, 0) is 62.8 Å². The maximum atomic E-state index is 11.3. The van der Waals surface area contributed by atoms with Crippen molar-refractivity contribution in [2.75, 3.05) is 20.1 Å². The molecule has 1 saturated heterocycles. The summed E-state index contributed by atoms with van der Waals surface area (Å²) in [5, 5.41) is 8.66.